The number of amides is 1. The third-order valence-electron chi connectivity index (χ3n) is 3.10. The first-order chi connectivity index (χ1) is 10.7. The maximum absolute atomic E-state index is 11.4. The third kappa shape index (κ3) is 2.79. The molecule has 0 saturated carbocycles. The van der Waals surface area contributed by atoms with Gasteiger partial charge in [-0.2, -0.15) is 0 Å². The summed E-state index contributed by atoms with van der Waals surface area (Å²) < 4.78 is 0. The number of nitrogens with zero attached hydrogens (tertiary/aromatic N) is 1. The first kappa shape index (κ1) is 15.9. The molecule has 2 aromatic rings. The SMILES string of the molecule is CC(=O)Nc1c([N+](=O)[O-])cc(C(=O)O)c2c(C(=O)O)cccc12. The van der Waals surface area contributed by atoms with Crippen LogP contribution in [0.2, 0.25) is 0 Å². The Bertz CT molecular complexity index is 873. The molecule has 0 aliphatic rings. The highest BCUT2D eigenvalue weighted by molar-refractivity contribution is 6.18. The van der Waals surface area contributed by atoms with Crippen molar-refractivity contribution in [2.45, 2.75) is 6.92 Å². The van der Waals surface area contributed by atoms with E-state index in [4.69, 9.17) is 0 Å². The van der Waals surface area contributed by atoms with Gasteiger partial charge in [-0.1, -0.05) is 12.1 Å². The fourth-order valence-corrected chi connectivity index (χ4v) is 2.27. The lowest BCUT2D eigenvalue weighted by Gasteiger charge is -2.12. The van der Waals surface area contributed by atoms with Crippen LogP contribution < -0.4 is 5.32 Å². The summed E-state index contributed by atoms with van der Waals surface area (Å²) in [7, 11) is 0. The summed E-state index contributed by atoms with van der Waals surface area (Å²) >= 11 is 0. The number of carboxylic acids is 2. The van der Waals surface area contributed by atoms with Gasteiger partial charge in [-0.25, -0.2) is 9.59 Å². The third-order valence-corrected chi connectivity index (χ3v) is 3.10. The van der Waals surface area contributed by atoms with E-state index in [-0.39, 0.29) is 22.0 Å². The minimum absolute atomic E-state index is 0.0355. The van der Waals surface area contributed by atoms with Crippen molar-refractivity contribution in [2.75, 3.05) is 5.32 Å². The quantitative estimate of drug-likeness (QED) is 0.577. The number of fused-ring (bicyclic) bond motifs is 1. The average molecular weight is 318 g/mol. The van der Waals surface area contributed by atoms with Crippen molar-refractivity contribution in [3.63, 3.8) is 0 Å². The molecule has 3 N–H and O–H groups in total. The molecule has 0 bridgehead atoms. The number of carboxylic acid groups (broad SMARTS) is 2. The van der Waals surface area contributed by atoms with Crippen molar-refractivity contribution in [3.05, 3.63) is 45.5 Å². The van der Waals surface area contributed by atoms with E-state index in [2.05, 4.69) is 5.32 Å². The predicted molar refractivity (Wildman–Crippen MR) is 78.8 cm³/mol. The monoisotopic (exact) mass is 318 g/mol. The van der Waals surface area contributed by atoms with E-state index in [1.807, 2.05) is 0 Å². The van der Waals surface area contributed by atoms with Crippen LogP contribution in [0.1, 0.15) is 27.6 Å². The van der Waals surface area contributed by atoms with Crippen LogP contribution in [-0.2, 0) is 4.79 Å². The summed E-state index contributed by atoms with van der Waals surface area (Å²) in [5.41, 5.74) is -1.74. The number of hydrogen-bond donors (Lipinski definition) is 3. The summed E-state index contributed by atoms with van der Waals surface area (Å²) in [4.78, 5) is 44.4. The molecule has 0 aromatic heterocycles. The molecule has 0 aliphatic heterocycles. The molecule has 0 spiro atoms. The largest absolute Gasteiger partial charge is 0.478 e. The Morgan fingerprint density at radius 3 is 2.22 bits per heavy atom. The van der Waals surface area contributed by atoms with Gasteiger partial charge >= 0.3 is 11.9 Å². The van der Waals surface area contributed by atoms with E-state index in [9.17, 15) is 34.7 Å². The van der Waals surface area contributed by atoms with Gasteiger partial charge in [-0.05, 0) is 6.07 Å². The predicted octanol–water partition coefficient (Wildman–Crippen LogP) is 2.10. The molecule has 2 rings (SSSR count). The Labute approximate surface area is 128 Å². The molecular formula is C14H10N2O7. The first-order valence-electron chi connectivity index (χ1n) is 6.22. The van der Waals surface area contributed by atoms with E-state index in [1.165, 1.54) is 18.2 Å². The Hall–Kier alpha value is -3.49. The zero-order chi connectivity index (χ0) is 17.3. The smallest absolute Gasteiger partial charge is 0.336 e. The van der Waals surface area contributed by atoms with Crippen molar-refractivity contribution >= 4 is 40.0 Å². The van der Waals surface area contributed by atoms with Gasteiger partial charge in [0.15, 0.2) is 0 Å². The Morgan fingerprint density at radius 1 is 1.13 bits per heavy atom. The Balaban J connectivity index is 3.06. The minimum atomic E-state index is -1.51. The summed E-state index contributed by atoms with van der Waals surface area (Å²) in [6.07, 6.45) is 0. The summed E-state index contributed by atoms with van der Waals surface area (Å²) in [5, 5.41) is 31.7. The minimum Gasteiger partial charge on any atom is -0.478 e. The molecule has 0 fully saturated rings. The van der Waals surface area contributed by atoms with Crippen LogP contribution >= 0.6 is 0 Å². The van der Waals surface area contributed by atoms with Crippen molar-refractivity contribution in [1.82, 2.24) is 0 Å². The normalized spacial score (nSPS) is 10.3. The number of nitro groups is 1. The van der Waals surface area contributed by atoms with Crippen LogP contribution in [-0.4, -0.2) is 33.0 Å². The van der Waals surface area contributed by atoms with Gasteiger partial charge in [-0.15, -0.1) is 0 Å². The molecule has 0 aliphatic carbocycles. The van der Waals surface area contributed by atoms with E-state index >= 15 is 0 Å². The number of nitrogens with one attached hydrogen (secondary N) is 1. The van der Waals surface area contributed by atoms with Crippen molar-refractivity contribution < 1.29 is 29.5 Å². The Morgan fingerprint density at radius 2 is 1.74 bits per heavy atom. The zero-order valence-electron chi connectivity index (χ0n) is 11.7. The average Bonchev–Trinajstić information content (AvgIpc) is 2.45. The lowest BCUT2D eigenvalue weighted by Crippen LogP contribution is -2.12. The number of anilines is 1. The molecular weight excluding hydrogens is 308 g/mol. The number of nitro benzene ring substituents is 1. The molecule has 23 heavy (non-hydrogen) atoms. The molecule has 2 aromatic carbocycles. The van der Waals surface area contributed by atoms with Crippen molar-refractivity contribution in [3.8, 4) is 0 Å². The second-order valence-corrected chi connectivity index (χ2v) is 4.59. The van der Waals surface area contributed by atoms with Gasteiger partial charge in [0.1, 0.15) is 5.69 Å². The van der Waals surface area contributed by atoms with E-state index in [0.29, 0.717) is 0 Å². The molecule has 0 heterocycles. The highest BCUT2D eigenvalue weighted by atomic mass is 16.6. The van der Waals surface area contributed by atoms with Crippen LogP contribution in [0.3, 0.4) is 0 Å². The van der Waals surface area contributed by atoms with Gasteiger partial charge in [0.2, 0.25) is 5.91 Å². The number of rotatable bonds is 4. The molecule has 9 nitrogen and oxygen atoms in total. The second kappa shape index (κ2) is 5.72. The van der Waals surface area contributed by atoms with E-state index in [0.717, 1.165) is 13.0 Å². The van der Waals surface area contributed by atoms with E-state index in [1.54, 1.807) is 0 Å². The summed E-state index contributed by atoms with van der Waals surface area (Å²) in [5.74, 6) is -3.51. The zero-order valence-corrected chi connectivity index (χ0v) is 11.7. The topological polar surface area (TPSA) is 147 Å². The Kier molecular flexibility index (Phi) is 3.95. The maximum atomic E-state index is 11.4. The summed E-state index contributed by atoms with van der Waals surface area (Å²) in [6, 6.07) is 4.54. The van der Waals surface area contributed by atoms with E-state index < -0.39 is 34.0 Å². The maximum Gasteiger partial charge on any atom is 0.336 e. The second-order valence-electron chi connectivity index (χ2n) is 4.59. The van der Waals surface area contributed by atoms with Gasteiger partial charge in [0.25, 0.3) is 5.69 Å². The standard InChI is InChI=1S/C14H10N2O7/c1-6(17)15-12-7-3-2-4-8(13(18)19)11(7)9(14(20)21)5-10(12)16(22)23/h2-5H,1H3,(H,15,17)(H,18,19)(H,20,21). The number of carbonyl (C=O) groups is 3. The lowest BCUT2D eigenvalue weighted by molar-refractivity contribution is -0.383. The highest BCUT2D eigenvalue weighted by Crippen LogP contribution is 2.37. The van der Waals surface area contributed by atoms with Crippen LogP contribution in [0.4, 0.5) is 11.4 Å². The molecule has 0 radical (unpaired) electrons. The molecule has 1 amide bonds. The van der Waals surface area contributed by atoms with Crippen LogP contribution in [0.15, 0.2) is 24.3 Å². The van der Waals surface area contributed by atoms with Gasteiger partial charge in [-0.3, -0.25) is 14.9 Å². The van der Waals surface area contributed by atoms with Gasteiger partial charge in [0.05, 0.1) is 16.1 Å². The van der Waals surface area contributed by atoms with Gasteiger partial charge in [0, 0.05) is 23.8 Å². The van der Waals surface area contributed by atoms with Crippen molar-refractivity contribution in [1.29, 1.82) is 0 Å². The molecule has 9 heteroatoms. The molecule has 118 valence electrons. The van der Waals surface area contributed by atoms with Crippen LogP contribution in [0.25, 0.3) is 10.8 Å². The van der Waals surface area contributed by atoms with Crippen LogP contribution in [0.5, 0.6) is 0 Å². The highest BCUT2D eigenvalue weighted by Gasteiger charge is 2.26. The van der Waals surface area contributed by atoms with Crippen LogP contribution in [0, 0.1) is 10.1 Å². The number of carbonyl (C=O) groups excluding carboxylic acids is 1. The van der Waals surface area contributed by atoms with Gasteiger partial charge < -0.3 is 15.5 Å². The fraction of sp³-hybridized carbons (Fsp3) is 0.0714. The van der Waals surface area contributed by atoms with Crippen molar-refractivity contribution in [2.24, 2.45) is 0 Å². The lowest BCUT2D eigenvalue weighted by atomic mass is 9.96. The molecule has 0 saturated heterocycles. The summed E-state index contributed by atoms with van der Waals surface area (Å²) in [6.45, 7) is 1.13. The molecule has 0 atom stereocenters. The molecule has 0 unspecified atom stereocenters. The first-order valence-corrected chi connectivity index (χ1v) is 6.22. The number of benzene rings is 2. The fourth-order valence-electron chi connectivity index (χ4n) is 2.27. The number of aromatic carboxylic acids is 2. The number of hydrogen-bond acceptors (Lipinski definition) is 5.